The third kappa shape index (κ3) is 7.54. The van der Waals surface area contributed by atoms with Gasteiger partial charge < -0.3 is 15.4 Å². The topological polar surface area (TPSA) is 95.1 Å². The first kappa shape index (κ1) is 23.0. The van der Waals surface area contributed by atoms with Gasteiger partial charge in [0.25, 0.3) is 0 Å². The Bertz CT molecular complexity index is 790. The number of aliphatic imine (C=N–C) groups is 1. The number of rotatable bonds is 10. The standard InChI is InChI=1S/C21H35N5O3S/c1-22-21(23-9-14-30(27,28)25-15-18-5-4-6-18)24-16-19-7-2-3-8-20(19)17-26-10-12-29-13-11-26/h2-3,7-8,18,25H,4-6,9-17H2,1H3,(H2,22,23,24). The Morgan fingerprint density at radius 2 is 1.90 bits per heavy atom. The van der Waals surface area contributed by atoms with Crippen LogP contribution in [0.4, 0.5) is 0 Å². The normalized spacial score (nSPS) is 18.8. The van der Waals surface area contributed by atoms with Crippen LogP contribution < -0.4 is 15.4 Å². The zero-order valence-electron chi connectivity index (χ0n) is 17.9. The van der Waals surface area contributed by atoms with E-state index in [1.165, 1.54) is 17.5 Å². The van der Waals surface area contributed by atoms with E-state index in [-0.39, 0.29) is 5.75 Å². The highest BCUT2D eigenvalue weighted by atomic mass is 32.2. The third-order valence-corrected chi connectivity index (χ3v) is 7.11. The first-order valence-electron chi connectivity index (χ1n) is 10.8. The molecule has 8 nitrogen and oxygen atoms in total. The van der Waals surface area contributed by atoms with Crippen molar-refractivity contribution < 1.29 is 13.2 Å². The molecule has 168 valence electrons. The van der Waals surface area contributed by atoms with E-state index >= 15 is 0 Å². The molecule has 1 saturated carbocycles. The van der Waals surface area contributed by atoms with E-state index in [1.54, 1.807) is 7.05 Å². The molecule has 0 atom stereocenters. The molecule has 0 aromatic heterocycles. The molecule has 1 heterocycles. The summed E-state index contributed by atoms with van der Waals surface area (Å²) in [6.07, 6.45) is 3.47. The second kappa shape index (κ2) is 11.6. The SMILES string of the molecule is CN=C(NCCS(=O)(=O)NCC1CCC1)NCc1ccccc1CN1CCOCC1. The van der Waals surface area contributed by atoms with Crippen LogP contribution in [0.3, 0.4) is 0 Å². The number of nitrogens with one attached hydrogen (secondary N) is 3. The Kier molecular flexibility index (Phi) is 8.92. The number of sulfonamides is 1. The van der Waals surface area contributed by atoms with Gasteiger partial charge in [0, 0.05) is 46.3 Å². The van der Waals surface area contributed by atoms with Crippen LogP contribution in [0.15, 0.2) is 29.3 Å². The van der Waals surface area contributed by atoms with E-state index in [2.05, 4.69) is 43.4 Å². The number of ether oxygens (including phenoxy) is 1. The van der Waals surface area contributed by atoms with Gasteiger partial charge in [-0.05, 0) is 29.9 Å². The molecule has 2 aliphatic rings. The largest absolute Gasteiger partial charge is 0.379 e. The van der Waals surface area contributed by atoms with Crippen LogP contribution >= 0.6 is 0 Å². The maximum Gasteiger partial charge on any atom is 0.213 e. The highest BCUT2D eigenvalue weighted by Crippen LogP contribution is 2.25. The van der Waals surface area contributed by atoms with Crippen molar-refractivity contribution in [3.63, 3.8) is 0 Å². The van der Waals surface area contributed by atoms with Crippen molar-refractivity contribution in [1.82, 2.24) is 20.3 Å². The summed E-state index contributed by atoms with van der Waals surface area (Å²) >= 11 is 0. The predicted octanol–water partition coefficient (Wildman–Crippen LogP) is 0.903. The lowest BCUT2D eigenvalue weighted by atomic mass is 9.86. The fourth-order valence-electron chi connectivity index (χ4n) is 3.60. The molecule has 0 amide bonds. The summed E-state index contributed by atoms with van der Waals surface area (Å²) in [5.41, 5.74) is 2.49. The van der Waals surface area contributed by atoms with Gasteiger partial charge in [0.05, 0.1) is 19.0 Å². The van der Waals surface area contributed by atoms with Crippen LogP contribution in [0.2, 0.25) is 0 Å². The number of nitrogens with zero attached hydrogens (tertiary/aromatic N) is 2. The zero-order valence-corrected chi connectivity index (χ0v) is 18.7. The molecular weight excluding hydrogens is 402 g/mol. The average Bonchev–Trinajstić information content (AvgIpc) is 2.71. The van der Waals surface area contributed by atoms with Crippen molar-refractivity contribution in [2.45, 2.75) is 32.4 Å². The number of hydrogen-bond donors (Lipinski definition) is 3. The van der Waals surface area contributed by atoms with Gasteiger partial charge in [0.2, 0.25) is 10.0 Å². The zero-order chi connectivity index (χ0) is 21.2. The monoisotopic (exact) mass is 437 g/mol. The molecular formula is C21H35N5O3S. The van der Waals surface area contributed by atoms with Crippen molar-refractivity contribution in [1.29, 1.82) is 0 Å². The van der Waals surface area contributed by atoms with E-state index in [9.17, 15) is 8.42 Å². The third-order valence-electron chi connectivity index (χ3n) is 5.77. The number of benzene rings is 1. The maximum atomic E-state index is 12.1. The minimum Gasteiger partial charge on any atom is -0.379 e. The maximum absolute atomic E-state index is 12.1. The van der Waals surface area contributed by atoms with Gasteiger partial charge in [-0.15, -0.1) is 0 Å². The van der Waals surface area contributed by atoms with Crippen molar-refractivity contribution in [2.24, 2.45) is 10.9 Å². The van der Waals surface area contributed by atoms with Gasteiger partial charge in [-0.25, -0.2) is 13.1 Å². The summed E-state index contributed by atoms with van der Waals surface area (Å²) in [5.74, 6) is 1.15. The van der Waals surface area contributed by atoms with Gasteiger partial charge in [-0.3, -0.25) is 9.89 Å². The second-order valence-corrected chi connectivity index (χ2v) is 9.90. The molecule has 1 aliphatic carbocycles. The fourth-order valence-corrected chi connectivity index (χ4v) is 4.61. The minimum absolute atomic E-state index is 0.0358. The summed E-state index contributed by atoms with van der Waals surface area (Å²) < 4.78 is 32.4. The Morgan fingerprint density at radius 1 is 1.17 bits per heavy atom. The van der Waals surface area contributed by atoms with E-state index in [0.29, 0.717) is 31.5 Å². The summed E-state index contributed by atoms with van der Waals surface area (Å²) in [6, 6.07) is 8.37. The Labute approximate surface area is 180 Å². The molecule has 2 fully saturated rings. The minimum atomic E-state index is -3.26. The molecule has 0 bridgehead atoms. The average molecular weight is 438 g/mol. The van der Waals surface area contributed by atoms with E-state index in [4.69, 9.17) is 4.74 Å². The van der Waals surface area contributed by atoms with Gasteiger partial charge in [0.1, 0.15) is 0 Å². The predicted molar refractivity (Wildman–Crippen MR) is 120 cm³/mol. The van der Waals surface area contributed by atoms with Crippen LogP contribution in [0.25, 0.3) is 0 Å². The van der Waals surface area contributed by atoms with E-state index in [1.807, 2.05) is 6.07 Å². The smallest absolute Gasteiger partial charge is 0.213 e. The van der Waals surface area contributed by atoms with Gasteiger partial charge >= 0.3 is 0 Å². The molecule has 1 aromatic rings. The molecule has 3 N–H and O–H groups in total. The Hall–Kier alpha value is -1.68. The highest BCUT2D eigenvalue weighted by molar-refractivity contribution is 7.89. The van der Waals surface area contributed by atoms with Crippen molar-refractivity contribution in [3.05, 3.63) is 35.4 Å². The van der Waals surface area contributed by atoms with Gasteiger partial charge in [0.15, 0.2) is 5.96 Å². The lowest BCUT2D eigenvalue weighted by Crippen LogP contribution is -2.42. The molecule has 1 saturated heterocycles. The van der Waals surface area contributed by atoms with Gasteiger partial charge in [-0.2, -0.15) is 0 Å². The van der Waals surface area contributed by atoms with E-state index in [0.717, 1.165) is 45.7 Å². The first-order chi connectivity index (χ1) is 14.6. The molecule has 9 heteroatoms. The van der Waals surface area contributed by atoms with Crippen LogP contribution in [0.5, 0.6) is 0 Å². The molecule has 0 unspecified atom stereocenters. The number of guanidine groups is 1. The summed E-state index contributed by atoms with van der Waals surface area (Å²) in [4.78, 5) is 6.62. The van der Waals surface area contributed by atoms with Crippen molar-refractivity contribution in [3.8, 4) is 0 Å². The van der Waals surface area contributed by atoms with Crippen LogP contribution in [0, 0.1) is 5.92 Å². The molecule has 30 heavy (non-hydrogen) atoms. The Balaban J connectivity index is 1.42. The summed E-state index contributed by atoms with van der Waals surface area (Å²) in [6.45, 7) is 5.89. The summed E-state index contributed by atoms with van der Waals surface area (Å²) in [5, 5.41) is 6.40. The second-order valence-electron chi connectivity index (χ2n) is 7.97. The molecule has 1 aromatic carbocycles. The van der Waals surface area contributed by atoms with Gasteiger partial charge in [-0.1, -0.05) is 30.7 Å². The first-order valence-corrected chi connectivity index (χ1v) is 12.5. The molecule has 3 rings (SSSR count). The Morgan fingerprint density at radius 3 is 2.57 bits per heavy atom. The quantitative estimate of drug-likeness (QED) is 0.372. The van der Waals surface area contributed by atoms with Crippen LogP contribution in [-0.4, -0.2) is 71.5 Å². The van der Waals surface area contributed by atoms with Crippen LogP contribution in [-0.2, 0) is 27.8 Å². The van der Waals surface area contributed by atoms with E-state index < -0.39 is 10.0 Å². The molecule has 1 aliphatic heterocycles. The molecule has 0 spiro atoms. The fraction of sp³-hybridized carbons (Fsp3) is 0.667. The molecule has 0 radical (unpaired) electrons. The number of morpholine rings is 1. The lowest BCUT2D eigenvalue weighted by Gasteiger charge is -2.27. The summed E-state index contributed by atoms with van der Waals surface area (Å²) in [7, 11) is -1.57. The highest BCUT2D eigenvalue weighted by Gasteiger charge is 2.20. The van der Waals surface area contributed by atoms with Crippen molar-refractivity contribution in [2.75, 3.05) is 52.2 Å². The van der Waals surface area contributed by atoms with Crippen LogP contribution in [0.1, 0.15) is 30.4 Å². The number of hydrogen-bond acceptors (Lipinski definition) is 5. The van der Waals surface area contributed by atoms with Crippen molar-refractivity contribution >= 4 is 16.0 Å². The lowest BCUT2D eigenvalue weighted by molar-refractivity contribution is 0.0341.